The molecular weight excluding hydrogens is 773 g/mol. The van der Waals surface area contributed by atoms with E-state index in [1.807, 2.05) is 72.8 Å². The largest absolute Gasteiger partial charge is 0.514 e. The molecule has 1 atom stereocenters. The van der Waals surface area contributed by atoms with E-state index >= 15 is 0 Å². The van der Waals surface area contributed by atoms with Crippen molar-refractivity contribution in [1.82, 2.24) is 0 Å². The molecule has 0 amide bonds. The average Bonchev–Trinajstić information content (AvgIpc) is 3.28. The zero-order valence-corrected chi connectivity index (χ0v) is 32.1. The maximum absolute atomic E-state index is 12.9. The number of carbonyl (C=O) groups excluding carboxylic acids is 4. The molecule has 13 nitrogen and oxygen atoms in total. The number of ether oxygens (including phenoxy) is 9. The fourth-order valence-electron chi connectivity index (χ4n) is 6.06. The third-order valence-corrected chi connectivity index (χ3v) is 8.99. The van der Waals surface area contributed by atoms with E-state index in [1.54, 1.807) is 54.6 Å². The number of carbonyl (C=O) groups is 4. The molecular formula is C47H38O13. The standard InChI is InChI=1S/C47H38O13/c48-44(52-28-32-13-5-1-6-14-32)56-37-26-41-38(42(27-37)59-46(50)54-30-34-17-9-3-10-18-34)22-24-39(57-41)36-21-23-40(58-45(49)53-29-33-15-7-2-8-16-33)43(25-36)60-47(51)55-31-35-19-11-4-12-20-35/h1-21,23,25-27,39H,22,24,28-31H2. The molecule has 0 radical (unpaired) electrons. The normalized spacial score (nSPS) is 12.7. The van der Waals surface area contributed by atoms with Crippen LogP contribution in [0.4, 0.5) is 19.2 Å². The maximum atomic E-state index is 12.9. The highest BCUT2D eigenvalue weighted by atomic mass is 16.8. The molecule has 13 heteroatoms. The van der Waals surface area contributed by atoms with Gasteiger partial charge in [0.2, 0.25) is 0 Å². The number of fused-ring (bicyclic) bond motifs is 1. The highest BCUT2D eigenvalue weighted by Crippen LogP contribution is 2.44. The van der Waals surface area contributed by atoms with Crippen LogP contribution in [0.5, 0.6) is 28.7 Å². The Morgan fingerprint density at radius 1 is 0.450 bits per heavy atom. The highest BCUT2D eigenvalue weighted by Gasteiger charge is 2.29. The van der Waals surface area contributed by atoms with Crippen molar-refractivity contribution in [3.8, 4) is 28.7 Å². The van der Waals surface area contributed by atoms with E-state index < -0.39 is 30.7 Å². The van der Waals surface area contributed by atoms with Crippen molar-refractivity contribution in [2.75, 3.05) is 0 Å². The van der Waals surface area contributed by atoms with Gasteiger partial charge in [-0.2, -0.15) is 0 Å². The van der Waals surface area contributed by atoms with Gasteiger partial charge in [0, 0.05) is 17.7 Å². The lowest BCUT2D eigenvalue weighted by atomic mass is 9.96. The topological polar surface area (TPSA) is 151 Å². The predicted octanol–water partition coefficient (Wildman–Crippen LogP) is 10.6. The third kappa shape index (κ3) is 11.6. The van der Waals surface area contributed by atoms with Gasteiger partial charge >= 0.3 is 24.6 Å². The van der Waals surface area contributed by atoms with E-state index in [0.29, 0.717) is 24.0 Å². The molecule has 6 aromatic carbocycles. The molecule has 0 saturated heterocycles. The third-order valence-electron chi connectivity index (χ3n) is 8.99. The van der Waals surface area contributed by atoms with Crippen LogP contribution in [-0.4, -0.2) is 24.6 Å². The predicted molar refractivity (Wildman–Crippen MR) is 214 cm³/mol. The number of benzene rings is 6. The second-order valence-electron chi connectivity index (χ2n) is 13.3. The second kappa shape index (κ2) is 20.1. The summed E-state index contributed by atoms with van der Waals surface area (Å²) in [5, 5.41) is 0. The van der Waals surface area contributed by atoms with Crippen molar-refractivity contribution in [2.24, 2.45) is 0 Å². The van der Waals surface area contributed by atoms with Gasteiger partial charge in [0.15, 0.2) is 11.5 Å². The molecule has 304 valence electrons. The number of hydrogen-bond donors (Lipinski definition) is 0. The smallest absolute Gasteiger partial charge is 0.485 e. The van der Waals surface area contributed by atoms with Gasteiger partial charge in [-0.1, -0.05) is 127 Å². The molecule has 7 rings (SSSR count). The molecule has 0 fully saturated rings. The monoisotopic (exact) mass is 810 g/mol. The second-order valence-corrected chi connectivity index (χ2v) is 13.3. The molecule has 60 heavy (non-hydrogen) atoms. The zero-order valence-electron chi connectivity index (χ0n) is 32.1. The summed E-state index contributed by atoms with van der Waals surface area (Å²) in [6, 6.07) is 43.7. The van der Waals surface area contributed by atoms with E-state index in [4.69, 9.17) is 42.6 Å². The van der Waals surface area contributed by atoms with Gasteiger partial charge in [0.1, 0.15) is 49.8 Å². The Hall–Kier alpha value is -7.80. The van der Waals surface area contributed by atoms with Crippen LogP contribution in [0.3, 0.4) is 0 Å². The Kier molecular flexibility index (Phi) is 13.5. The fourth-order valence-corrected chi connectivity index (χ4v) is 6.06. The van der Waals surface area contributed by atoms with Gasteiger partial charge in [-0.3, -0.25) is 0 Å². The molecule has 0 N–H and O–H groups in total. The molecule has 1 aliphatic heterocycles. The molecule has 0 aromatic heterocycles. The molecule has 0 aliphatic carbocycles. The van der Waals surface area contributed by atoms with Crippen molar-refractivity contribution in [3.05, 3.63) is 185 Å². The lowest BCUT2D eigenvalue weighted by molar-refractivity contribution is 0.0830. The molecule has 1 heterocycles. The quantitative estimate of drug-likeness (QED) is 0.0618. The van der Waals surface area contributed by atoms with Crippen molar-refractivity contribution in [3.63, 3.8) is 0 Å². The lowest BCUT2D eigenvalue weighted by Gasteiger charge is -2.28. The summed E-state index contributed by atoms with van der Waals surface area (Å²) in [4.78, 5) is 51.4. The zero-order chi connectivity index (χ0) is 41.5. The van der Waals surface area contributed by atoms with Crippen LogP contribution in [0, 0.1) is 0 Å². The van der Waals surface area contributed by atoms with Gasteiger partial charge in [-0.05, 0) is 52.8 Å². The first kappa shape index (κ1) is 40.4. The van der Waals surface area contributed by atoms with Gasteiger partial charge in [-0.25, -0.2) is 19.2 Å². The fraction of sp³-hybridized carbons (Fsp3) is 0.149. The first-order valence-corrected chi connectivity index (χ1v) is 18.9. The average molecular weight is 811 g/mol. The van der Waals surface area contributed by atoms with Crippen molar-refractivity contribution >= 4 is 24.6 Å². The minimum absolute atomic E-state index is 0.0266. The van der Waals surface area contributed by atoms with Crippen LogP contribution in [0.15, 0.2) is 152 Å². The summed E-state index contributed by atoms with van der Waals surface area (Å²) in [5.74, 6) is 0.0123. The summed E-state index contributed by atoms with van der Waals surface area (Å²) in [5.41, 5.74) is 4.03. The highest BCUT2D eigenvalue weighted by molar-refractivity contribution is 5.70. The van der Waals surface area contributed by atoms with Crippen LogP contribution < -0.4 is 23.7 Å². The molecule has 0 bridgehead atoms. The van der Waals surface area contributed by atoms with Gasteiger partial charge in [0.25, 0.3) is 0 Å². The minimum atomic E-state index is -1.05. The van der Waals surface area contributed by atoms with Gasteiger partial charge in [0.05, 0.1) is 0 Å². The number of rotatable bonds is 13. The van der Waals surface area contributed by atoms with Crippen LogP contribution in [-0.2, 0) is 51.8 Å². The van der Waals surface area contributed by atoms with E-state index in [2.05, 4.69) is 0 Å². The summed E-state index contributed by atoms with van der Waals surface area (Å²) in [7, 11) is 0. The van der Waals surface area contributed by atoms with Crippen LogP contribution >= 0.6 is 0 Å². The van der Waals surface area contributed by atoms with Crippen molar-refractivity contribution in [1.29, 1.82) is 0 Å². The Morgan fingerprint density at radius 3 is 1.33 bits per heavy atom. The van der Waals surface area contributed by atoms with Gasteiger partial charge < -0.3 is 42.6 Å². The molecule has 0 saturated carbocycles. The van der Waals surface area contributed by atoms with Crippen molar-refractivity contribution in [2.45, 2.75) is 45.4 Å². The summed E-state index contributed by atoms with van der Waals surface area (Å²) >= 11 is 0. The summed E-state index contributed by atoms with van der Waals surface area (Å²) < 4.78 is 49.9. The Bertz CT molecular complexity index is 2390. The first-order valence-electron chi connectivity index (χ1n) is 18.9. The molecule has 6 aromatic rings. The SMILES string of the molecule is O=C(OCc1ccccc1)Oc1cc(OC(=O)OCc2ccccc2)c2c(c1)OC(c1ccc(OC(=O)OCc3ccccc3)c(OC(=O)OCc3ccccc3)c1)CC2. The Labute approximate surface area is 344 Å². The van der Waals surface area contributed by atoms with E-state index in [9.17, 15) is 19.2 Å². The molecule has 0 spiro atoms. The summed E-state index contributed by atoms with van der Waals surface area (Å²) in [6.45, 7) is -0.176. The van der Waals surface area contributed by atoms with Crippen LogP contribution in [0.2, 0.25) is 0 Å². The molecule has 1 unspecified atom stereocenters. The molecule has 1 aliphatic rings. The Morgan fingerprint density at radius 2 is 0.867 bits per heavy atom. The summed E-state index contributed by atoms with van der Waals surface area (Å²) in [6.07, 6.45) is -4.03. The van der Waals surface area contributed by atoms with Crippen LogP contribution in [0.25, 0.3) is 0 Å². The van der Waals surface area contributed by atoms with Gasteiger partial charge in [-0.15, -0.1) is 0 Å². The maximum Gasteiger partial charge on any atom is 0.514 e. The van der Waals surface area contributed by atoms with Crippen LogP contribution in [0.1, 0.15) is 45.9 Å². The first-order chi connectivity index (χ1) is 29.3. The Balaban J connectivity index is 1.10. The van der Waals surface area contributed by atoms with Crippen molar-refractivity contribution < 1.29 is 61.8 Å². The van der Waals surface area contributed by atoms with E-state index in [1.165, 1.54) is 24.3 Å². The van der Waals surface area contributed by atoms with E-state index in [-0.39, 0.29) is 55.2 Å². The number of hydrogen-bond acceptors (Lipinski definition) is 13. The lowest BCUT2D eigenvalue weighted by Crippen LogP contribution is -2.19. The van der Waals surface area contributed by atoms with E-state index in [0.717, 1.165) is 22.3 Å². The minimum Gasteiger partial charge on any atom is -0.485 e.